The van der Waals surface area contributed by atoms with Gasteiger partial charge in [-0.3, -0.25) is 0 Å². The third-order valence-electron chi connectivity index (χ3n) is 3.72. The Morgan fingerprint density at radius 1 is 1.26 bits per heavy atom. The van der Waals surface area contributed by atoms with Gasteiger partial charge in [0.2, 0.25) is 0 Å². The first kappa shape index (κ1) is 15.8. The highest BCUT2D eigenvalue weighted by Crippen LogP contribution is 2.27. The van der Waals surface area contributed by atoms with Gasteiger partial charge in [-0.15, -0.1) is 0 Å². The molecule has 4 N–H and O–H groups in total. The van der Waals surface area contributed by atoms with Crippen LogP contribution >= 0.6 is 0 Å². The van der Waals surface area contributed by atoms with Gasteiger partial charge in [-0.25, -0.2) is 9.59 Å². The molecule has 6 heteroatoms. The molecule has 19 heavy (non-hydrogen) atoms. The number of hydrogen-bond acceptors (Lipinski definition) is 3. The van der Waals surface area contributed by atoms with Gasteiger partial charge in [0.15, 0.2) is 6.10 Å². The second-order valence-electron chi connectivity index (χ2n) is 5.12. The van der Waals surface area contributed by atoms with E-state index in [4.69, 9.17) is 10.2 Å². The lowest BCUT2D eigenvalue weighted by molar-refractivity contribution is -0.146. The molecule has 0 aromatic heterocycles. The number of aliphatic carboxylic acids is 1. The summed E-state index contributed by atoms with van der Waals surface area (Å²) >= 11 is 0. The number of urea groups is 1. The van der Waals surface area contributed by atoms with Gasteiger partial charge in [-0.05, 0) is 25.2 Å². The normalized spacial score (nSPS) is 19.5. The smallest absolute Gasteiger partial charge is 0.334 e. The third-order valence-corrected chi connectivity index (χ3v) is 3.72. The molecule has 2 amide bonds. The number of amides is 2. The van der Waals surface area contributed by atoms with Crippen LogP contribution in [0.25, 0.3) is 0 Å². The molecule has 2 atom stereocenters. The van der Waals surface area contributed by atoms with E-state index >= 15 is 0 Å². The Balaban J connectivity index is 2.33. The van der Waals surface area contributed by atoms with Crippen LogP contribution in [-0.2, 0) is 4.79 Å². The van der Waals surface area contributed by atoms with E-state index in [1.165, 1.54) is 19.3 Å². The van der Waals surface area contributed by atoms with Gasteiger partial charge >= 0.3 is 12.0 Å². The SMILES string of the molecule is CCC(NC(=O)NCC(O)C(=O)O)C1CCCCC1. The fourth-order valence-corrected chi connectivity index (χ4v) is 2.59. The fraction of sp³-hybridized carbons (Fsp3) is 0.846. The second-order valence-corrected chi connectivity index (χ2v) is 5.12. The van der Waals surface area contributed by atoms with Crippen molar-refractivity contribution >= 4 is 12.0 Å². The van der Waals surface area contributed by atoms with Crippen LogP contribution in [0.2, 0.25) is 0 Å². The average molecular weight is 272 g/mol. The largest absolute Gasteiger partial charge is 0.479 e. The van der Waals surface area contributed by atoms with Gasteiger partial charge in [0, 0.05) is 6.04 Å². The summed E-state index contributed by atoms with van der Waals surface area (Å²) in [5.74, 6) is -0.825. The molecule has 0 saturated heterocycles. The van der Waals surface area contributed by atoms with Crippen molar-refractivity contribution in [2.24, 2.45) is 5.92 Å². The Morgan fingerprint density at radius 3 is 2.42 bits per heavy atom. The Bertz CT molecular complexity index is 303. The standard InChI is InChI=1S/C13H24N2O4/c1-2-10(9-6-4-3-5-7-9)15-13(19)14-8-11(16)12(17)18/h9-11,16H,2-8H2,1H3,(H,17,18)(H2,14,15,19). The second kappa shape index (κ2) is 7.99. The molecule has 1 aliphatic rings. The van der Waals surface area contributed by atoms with Gasteiger partial charge in [0.05, 0.1) is 6.54 Å². The van der Waals surface area contributed by atoms with E-state index in [2.05, 4.69) is 10.6 Å². The number of nitrogens with one attached hydrogen (secondary N) is 2. The molecule has 0 aromatic rings. The lowest BCUT2D eigenvalue weighted by Gasteiger charge is -2.30. The van der Waals surface area contributed by atoms with Crippen LogP contribution in [-0.4, -0.2) is 40.9 Å². The summed E-state index contributed by atoms with van der Waals surface area (Å²) in [4.78, 5) is 22.1. The highest BCUT2D eigenvalue weighted by Gasteiger charge is 2.24. The molecule has 6 nitrogen and oxygen atoms in total. The van der Waals surface area contributed by atoms with Gasteiger partial charge in [-0.1, -0.05) is 26.2 Å². The number of rotatable bonds is 6. The van der Waals surface area contributed by atoms with Crippen LogP contribution in [0.15, 0.2) is 0 Å². The van der Waals surface area contributed by atoms with Crippen molar-refractivity contribution in [3.63, 3.8) is 0 Å². The molecule has 110 valence electrons. The molecule has 0 spiro atoms. The van der Waals surface area contributed by atoms with Crippen molar-refractivity contribution in [3.8, 4) is 0 Å². The Kier molecular flexibility index (Phi) is 6.62. The number of hydrogen-bond donors (Lipinski definition) is 4. The van der Waals surface area contributed by atoms with Crippen LogP contribution in [0.5, 0.6) is 0 Å². The third kappa shape index (κ3) is 5.46. The number of carboxylic acid groups (broad SMARTS) is 1. The molecule has 0 aliphatic heterocycles. The quantitative estimate of drug-likeness (QED) is 0.581. The lowest BCUT2D eigenvalue weighted by Crippen LogP contribution is -2.48. The predicted molar refractivity (Wildman–Crippen MR) is 70.8 cm³/mol. The first-order valence-corrected chi connectivity index (χ1v) is 6.99. The minimum atomic E-state index is -1.56. The van der Waals surface area contributed by atoms with Crippen molar-refractivity contribution < 1.29 is 19.8 Å². The Morgan fingerprint density at radius 2 is 1.89 bits per heavy atom. The van der Waals surface area contributed by atoms with E-state index in [0.29, 0.717) is 5.92 Å². The van der Waals surface area contributed by atoms with Gasteiger partial charge in [0.1, 0.15) is 0 Å². The summed E-state index contributed by atoms with van der Waals surface area (Å²) < 4.78 is 0. The first-order chi connectivity index (χ1) is 9.04. The number of carbonyl (C=O) groups is 2. The number of aliphatic hydroxyl groups is 1. The molecule has 1 saturated carbocycles. The summed E-state index contributed by atoms with van der Waals surface area (Å²) in [5, 5.41) is 22.8. The summed E-state index contributed by atoms with van der Waals surface area (Å²) in [7, 11) is 0. The molecular weight excluding hydrogens is 248 g/mol. The van der Waals surface area contributed by atoms with Crippen molar-refractivity contribution in [1.82, 2.24) is 10.6 Å². The molecule has 0 heterocycles. The zero-order valence-electron chi connectivity index (χ0n) is 11.4. The van der Waals surface area contributed by atoms with E-state index in [1.54, 1.807) is 0 Å². The Hall–Kier alpha value is -1.30. The van der Waals surface area contributed by atoms with Crippen molar-refractivity contribution in [2.75, 3.05) is 6.54 Å². The zero-order chi connectivity index (χ0) is 14.3. The van der Waals surface area contributed by atoms with E-state index in [9.17, 15) is 9.59 Å². The number of carboxylic acids is 1. The van der Waals surface area contributed by atoms with E-state index in [0.717, 1.165) is 19.3 Å². The maximum atomic E-state index is 11.7. The molecule has 1 rings (SSSR count). The summed E-state index contributed by atoms with van der Waals surface area (Å²) in [6.07, 6.45) is 5.27. The van der Waals surface area contributed by atoms with Crippen molar-refractivity contribution in [3.05, 3.63) is 0 Å². The number of carbonyl (C=O) groups excluding carboxylic acids is 1. The van der Waals surface area contributed by atoms with Gasteiger partial charge in [-0.2, -0.15) is 0 Å². The van der Waals surface area contributed by atoms with Crippen LogP contribution in [0, 0.1) is 5.92 Å². The monoisotopic (exact) mass is 272 g/mol. The predicted octanol–water partition coefficient (Wildman–Crippen LogP) is 1.09. The number of aliphatic hydroxyl groups excluding tert-OH is 1. The maximum Gasteiger partial charge on any atom is 0.334 e. The molecule has 2 unspecified atom stereocenters. The highest BCUT2D eigenvalue weighted by molar-refractivity contribution is 5.76. The minimum Gasteiger partial charge on any atom is -0.479 e. The van der Waals surface area contributed by atoms with E-state index in [-0.39, 0.29) is 12.6 Å². The van der Waals surface area contributed by atoms with Crippen LogP contribution in [0.1, 0.15) is 45.4 Å². The van der Waals surface area contributed by atoms with E-state index in [1.807, 2.05) is 6.92 Å². The minimum absolute atomic E-state index is 0.127. The lowest BCUT2D eigenvalue weighted by atomic mass is 9.83. The topological polar surface area (TPSA) is 98.7 Å². The van der Waals surface area contributed by atoms with Gasteiger partial charge in [0.25, 0.3) is 0 Å². The summed E-state index contributed by atoms with van der Waals surface area (Å²) in [6, 6.07) is -0.278. The molecular formula is C13H24N2O4. The maximum absolute atomic E-state index is 11.7. The van der Waals surface area contributed by atoms with Crippen LogP contribution < -0.4 is 10.6 Å². The molecule has 0 bridgehead atoms. The highest BCUT2D eigenvalue weighted by atomic mass is 16.4. The van der Waals surface area contributed by atoms with Crippen molar-refractivity contribution in [1.29, 1.82) is 0 Å². The molecule has 1 aliphatic carbocycles. The molecule has 1 fully saturated rings. The molecule has 0 aromatic carbocycles. The molecule has 0 radical (unpaired) electrons. The van der Waals surface area contributed by atoms with Crippen molar-refractivity contribution in [2.45, 2.75) is 57.6 Å². The first-order valence-electron chi connectivity index (χ1n) is 6.99. The van der Waals surface area contributed by atoms with Crippen LogP contribution in [0.4, 0.5) is 4.79 Å². The van der Waals surface area contributed by atoms with Crippen LogP contribution in [0.3, 0.4) is 0 Å². The Labute approximate surface area is 113 Å². The average Bonchev–Trinajstić information content (AvgIpc) is 2.42. The zero-order valence-corrected chi connectivity index (χ0v) is 11.4. The van der Waals surface area contributed by atoms with Gasteiger partial charge < -0.3 is 20.8 Å². The summed E-state index contributed by atoms with van der Waals surface area (Å²) in [6.45, 7) is 1.76. The summed E-state index contributed by atoms with van der Waals surface area (Å²) in [5.41, 5.74) is 0. The van der Waals surface area contributed by atoms with E-state index < -0.39 is 18.1 Å². The fourth-order valence-electron chi connectivity index (χ4n) is 2.59.